The maximum atomic E-state index is 8.95. The first-order valence-electron chi connectivity index (χ1n) is 5.06. The molecule has 0 bridgehead atoms. The van der Waals surface area contributed by atoms with E-state index in [1.54, 1.807) is 12.4 Å². The number of aromatic nitrogens is 2. The highest BCUT2D eigenvalue weighted by Crippen LogP contribution is 2.39. The van der Waals surface area contributed by atoms with E-state index in [9.17, 15) is 0 Å². The fraction of sp³-hybridized carbons (Fsp3) is 0.600. The summed E-state index contributed by atoms with van der Waals surface area (Å²) in [5.41, 5.74) is 1.01. The summed E-state index contributed by atoms with van der Waals surface area (Å²) in [6.07, 6.45) is 3.33. The monoisotopic (exact) mass is 207 g/mol. The minimum Gasteiger partial charge on any atom is -0.390 e. The summed E-state index contributed by atoms with van der Waals surface area (Å²) < 4.78 is 5.21. The largest absolute Gasteiger partial charge is 0.390 e. The average Bonchev–Trinajstić information content (AvgIpc) is 2.14. The molecule has 2 saturated heterocycles. The van der Waals surface area contributed by atoms with E-state index in [1.807, 2.05) is 0 Å². The molecule has 0 saturated carbocycles. The van der Waals surface area contributed by atoms with E-state index in [0.29, 0.717) is 11.1 Å². The SMILES string of the molecule is OCc1cncc(N2CC3(COC3)C2)n1. The highest BCUT2D eigenvalue weighted by atomic mass is 16.5. The van der Waals surface area contributed by atoms with Crippen LogP contribution in [0.2, 0.25) is 0 Å². The lowest BCUT2D eigenvalue weighted by atomic mass is 9.78. The van der Waals surface area contributed by atoms with Crippen LogP contribution in [0.3, 0.4) is 0 Å². The Morgan fingerprint density at radius 3 is 2.80 bits per heavy atom. The molecule has 1 aromatic rings. The summed E-state index contributed by atoms with van der Waals surface area (Å²) in [5, 5.41) is 8.95. The summed E-state index contributed by atoms with van der Waals surface area (Å²) in [5.74, 6) is 0.860. The Bertz CT molecular complexity index is 371. The molecular formula is C10H13N3O2. The van der Waals surface area contributed by atoms with Crippen LogP contribution in [0.5, 0.6) is 0 Å². The van der Waals surface area contributed by atoms with Gasteiger partial charge in [0.2, 0.25) is 0 Å². The molecule has 1 aromatic heterocycles. The van der Waals surface area contributed by atoms with Gasteiger partial charge >= 0.3 is 0 Å². The van der Waals surface area contributed by atoms with Gasteiger partial charge in [-0.25, -0.2) is 4.98 Å². The molecule has 1 spiro atoms. The van der Waals surface area contributed by atoms with E-state index in [-0.39, 0.29) is 6.61 Å². The number of hydrogen-bond acceptors (Lipinski definition) is 5. The summed E-state index contributed by atoms with van der Waals surface area (Å²) >= 11 is 0. The molecule has 0 aliphatic carbocycles. The topological polar surface area (TPSA) is 58.5 Å². The Labute approximate surface area is 87.7 Å². The highest BCUT2D eigenvalue weighted by molar-refractivity contribution is 5.42. The molecule has 0 radical (unpaired) electrons. The third kappa shape index (κ3) is 1.39. The molecule has 1 N–H and O–H groups in total. The predicted molar refractivity (Wildman–Crippen MR) is 53.4 cm³/mol. The maximum absolute atomic E-state index is 8.95. The minimum absolute atomic E-state index is 0.0526. The van der Waals surface area contributed by atoms with Gasteiger partial charge in [-0.15, -0.1) is 0 Å². The third-order valence-electron chi connectivity index (χ3n) is 3.03. The summed E-state index contributed by atoms with van der Waals surface area (Å²) in [6.45, 7) is 3.68. The van der Waals surface area contributed by atoms with Crippen molar-refractivity contribution in [2.24, 2.45) is 5.41 Å². The van der Waals surface area contributed by atoms with Crippen molar-refractivity contribution in [1.29, 1.82) is 0 Å². The van der Waals surface area contributed by atoms with Gasteiger partial charge < -0.3 is 14.7 Å². The number of hydrogen-bond donors (Lipinski definition) is 1. The predicted octanol–water partition coefficient (Wildman–Crippen LogP) is -0.195. The van der Waals surface area contributed by atoms with Crippen LogP contribution in [-0.2, 0) is 11.3 Å². The first-order valence-corrected chi connectivity index (χ1v) is 5.06. The van der Waals surface area contributed by atoms with Gasteiger partial charge in [0.25, 0.3) is 0 Å². The molecule has 2 aliphatic rings. The van der Waals surface area contributed by atoms with Crippen molar-refractivity contribution in [2.45, 2.75) is 6.61 Å². The molecule has 0 unspecified atom stereocenters. The zero-order valence-electron chi connectivity index (χ0n) is 8.39. The molecule has 0 aromatic carbocycles. The number of aliphatic hydroxyl groups is 1. The standard InChI is InChI=1S/C10H13N3O2/c14-3-8-1-11-2-9(12-8)13-4-10(5-13)6-15-7-10/h1-2,14H,3-7H2. The van der Waals surface area contributed by atoms with E-state index < -0.39 is 0 Å². The lowest BCUT2D eigenvalue weighted by Crippen LogP contribution is -2.66. The van der Waals surface area contributed by atoms with E-state index >= 15 is 0 Å². The lowest BCUT2D eigenvalue weighted by molar-refractivity contribution is -0.127. The van der Waals surface area contributed by atoms with Crippen molar-refractivity contribution in [2.75, 3.05) is 31.2 Å². The quantitative estimate of drug-likeness (QED) is 0.728. The van der Waals surface area contributed by atoms with Gasteiger partial charge in [0.1, 0.15) is 5.82 Å². The van der Waals surface area contributed by atoms with E-state index in [1.165, 1.54) is 0 Å². The van der Waals surface area contributed by atoms with Crippen LogP contribution in [0.15, 0.2) is 12.4 Å². The fourth-order valence-electron chi connectivity index (χ4n) is 2.12. The second-order valence-corrected chi connectivity index (χ2v) is 4.38. The van der Waals surface area contributed by atoms with Crippen LogP contribution in [-0.4, -0.2) is 41.4 Å². The number of rotatable bonds is 2. The molecule has 80 valence electrons. The normalized spacial score (nSPS) is 22.3. The molecule has 2 aliphatic heterocycles. The first kappa shape index (κ1) is 9.06. The van der Waals surface area contributed by atoms with E-state index in [2.05, 4.69) is 14.9 Å². The van der Waals surface area contributed by atoms with E-state index in [0.717, 1.165) is 32.1 Å². The van der Waals surface area contributed by atoms with Crippen molar-refractivity contribution in [3.63, 3.8) is 0 Å². The summed E-state index contributed by atoms with van der Waals surface area (Å²) in [6, 6.07) is 0. The van der Waals surface area contributed by atoms with Gasteiger partial charge in [0.15, 0.2) is 0 Å². The molecule has 2 fully saturated rings. The van der Waals surface area contributed by atoms with Crippen LogP contribution in [0.1, 0.15) is 5.69 Å². The lowest BCUT2D eigenvalue weighted by Gasteiger charge is -2.55. The van der Waals surface area contributed by atoms with Crippen molar-refractivity contribution in [3.8, 4) is 0 Å². The Morgan fingerprint density at radius 1 is 1.40 bits per heavy atom. The smallest absolute Gasteiger partial charge is 0.147 e. The van der Waals surface area contributed by atoms with Gasteiger partial charge in [-0.1, -0.05) is 0 Å². The number of anilines is 1. The van der Waals surface area contributed by atoms with Gasteiger partial charge in [0, 0.05) is 13.1 Å². The first-order chi connectivity index (χ1) is 7.31. The molecule has 5 nitrogen and oxygen atoms in total. The molecule has 0 atom stereocenters. The fourth-order valence-corrected chi connectivity index (χ4v) is 2.12. The molecular weight excluding hydrogens is 194 g/mol. The molecule has 3 heterocycles. The molecule has 5 heteroatoms. The Morgan fingerprint density at radius 2 is 2.20 bits per heavy atom. The molecule has 15 heavy (non-hydrogen) atoms. The van der Waals surface area contributed by atoms with Crippen LogP contribution < -0.4 is 4.90 Å². The number of aliphatic hydroxyl groups excluding tert-OH is 1. The Kier molecular flexibility index (Phi) is 1.90. The average molecular weight is 207 g/mol. The third-order valence-corrected chi connectivity index (χ3v) is 3.03. The van der Waals surface area contributed by atoms with Crippen molar-refractivity contribution < 1.29 is 9.84 Å². The summed E-state index contributed by atoms with van der Waals surface area (Å²) in [7, 11) is 0. The van der Waals surface area contributed by atoms with Gasteiger partial charge in [-0.2, -0.15) is 0 Å². The maximum Gasteiger partial charge on any atom is 0.147 e. The van der Waals surface area contributed by atoms with Crippen molar-refractivity contribution >= 4 is 5.82 Å². The molecule has 3 rings (SSSR count). The molecule has 0 amide bonds. The van der Waals surface area contributed by atoms with Crippen LogP contribution >= 0.6 is 0 Å². The van der Waals surface area contributed by atoms with Gasteiger partial charge in [-0.05, 0) is 0 Å². The van der Waals surface area contributed by atoms with Crippen LogP contribution in [0.25, 0.3) is 0 Å². The van der Waals surface area contributed by atoms with Crippen LogP contribution in [0.4, 0.5) is 5.82 Å². The minimum atomic E-state index is -0.0526. The highest BCUT2D eigenvalue weighted by Gasteiger charge is 2.49. The van der Waals surface area contributed by atoms with Crippen molar-refractivity contribution in [3.05, 3.63) is 18.1 Å². The Hall–Kier alpha value is -1.20. The van der Waals surface area contributed by atoms with Crippen LogP contribution in [0, 0.1) is 5.41 Å². The summed E-state index contributed by atoms with van der Waals surface area (Å²) in [4.78, 5) is 10.5. The Balaban J connectivity index is 1.72. The second kappa shape index (κ2) is 3.15. The number of nitrogens with zero attached hydrogens (tertiary/aromatic N) is 3. The zero-order chi connectivity index (χ0) is 10.3. The zero-order valence-corrected chi connectivity index (χ0v) is 8.39. The van der Waals surface area contributed by atoms with Gasteiger partial charge in [-0.3, -0.25) is 4.98 Å². The second-order valence-electron chi connectivity index (χ2n) is 4.38. The number of ether oxygens (including phenoxy) is 1. The van der Waals surface area contributed by atoms with Gasteiger partial charge in [0.05, 0.1) is 43.3 Å². The van der Waals surface area contributed by atoms with Crippen molar-refractivity contribution in [1.82, 2.24) is 9.97 Å². The van der Waals surface area contributed by atoms with E-state index in [4.69, 9.17) is 9.84 Å².